The van der Waals surface area contributed by atoms with Gasteiger partial charge >= 0.3 is 6.03 Å². The zero-order valence-corrected chi connectivity index (χ0v) is 11.8. The summed E-state index contributed by atoms with van der Waals surface area (Å²) in [5.74, 6) is 0. The first-order valence-corrected chi connectivity index (χ1v) is 6.76. The van der Waals surface area contributed by atoms with Crippen molar-refractivity contribution < 1.29 is 4.79 Å². The second kappa shape index (κ2) is 5.19. The first-order chi connectivity index (χ1) is 7.65. The lowest BCUT2D eigenvalue weighted by molar-refractivity contribution is 0.240. The second-order valence-corrected chi connectivity index (χ2v) is 5.62. The van der Waals surface area contributed by atoms with Crippen molar-refractivity contribution >= 4 is 43.6 Å². The summed E-state index contributed by atoms with van der Waals surface area (Å²) >= 11 is 6.77. The highest BCUT2D eigenvalue weighted by atomic mass is 79.9. The van der Waals surface area contributed by atoms with Crippen molar-refractivity contribution in [2.24, 2.45) is 0 Å². The lowest BCUT2D eigenvalue weighted by Crippen LogP contribution is -2.41. The fourth-order valence-corrected chi connectivity index (χ4v) is 2.63. The molecule has 1 aliphatic rings. The molecule has 1 aromatic carbocycles. The summed E-state index contributed by atoms with van der Waals surface area (Å²) in [4.78, 5) is 11.6. The smallest absolute Gasteiger partial charge is 0.319 e. The van der Waals surface area contributed by atoms with Crippen molar-refractivity contribution in [3.05, 3.63) is 27.1 Å². The van der Waals surface area contributed by atoms with Gasteiger partial charge < -0.3 is 10.6 Å². The Balaban J connectivity index is 1.94. The van der Waals surface area contributed by atoms with E-state index in [2.05, 4.69) is 42.5 Å². The molecule has 86 valence electrons. The van der Waals surface area contributed by atoms with Crippen molar-refractivity contribution in [3.8, 4) is 0 Å². The number of benzene rings is 1. The molecule has 0 saturated heterocycles. The molecule has 0 bridgehead atoms. The Morgan fingerprint density at radius 2 is 2.06 bits per heavy atom. The van der Waals surface area contributed by atoms with Gasteiger partial charge in [-0.15, -0.1) is 0 Å². The molecule has 0 spiro atoms. The van der Waals surface area contributed by atoms with Crippen LogP contribution in [-0.4, -0.2) is 12.1 Å². The Kier molecular flexibility index (Phi) is 3.86. The number of nitrogens with one attached hydrogen (secondary N) is 2. The number of amides is 2. The van der Waals surface area contributed by atoms with E-state index in [4.69, 9.17) is 0 Å². The van der Waals surface area contributed by atoms with Crippen LogP contribution in [0, 0.1) is 0 Å². The number of halogens is 2. The molecule has 1 fully saturated rings. The predicted octanol–water partition coefficient (Wildman–Crippen LogP) is 3.89. The Labute approximate surface area is 111 Å². The molecule has 2 N–H and O–H groups in total. The quantitative estimate of drug-likeness (QED) is 0.837. The molecule has 0 aromatic heterocycles. The minimum atomic E-state index is -0.132. The molecule has 2 amide bonds. The monoisotopic (exact) mass is 346 g/mol. The van der Waals surface area contributed by atoms with Crippen LogP contribution in [0.5, 0.6) is 0 Å². The van der Waals surface area contributed by atoms with E-state index in [-0.39, 0.29) is 6.03 Å². The van der Waals surface area contributed by atoms with Crippen LogP contribution in [0.15, 0.2) is 27.1 Å². The first kappa shape index (κ1) is 11.9. The molecular formula is C11H12Br2N2O. The fraction of sp³-hybridized carbons (Fsp3) is 0.364. The maximum absolute atomic E-state index is 11.6. The Morgan fingerprint density at radius 3 is 2.62 bits per heavy atom. The highest BCUT2D eigenvalue weighted by Crippen LogP contribution is 2.26. The van der Waals surface area contributed by atoms with Gasteiger partial charge in [0.15, 0.2) is 0 Å². The lowest BCUT2D eigenvalue weighted by Gasteiger charge is -2.26. The van der Waals surface area contributed by atoms with E-state index in [0.29, 0.717) is 6.04 Å². The van der Waals surface area contributed by atoms with Gasteiger partial charge in [0.1, 0.15) is 0 Å². The molecule has 5 heteroatoms. The number of anilines is 1. The van der Waals surface area contributed by atoms with Crippen LogP contribution in [0.25, 0.3) is 0 Å². The topological polar surface area (TPSA) is 41.1 Å². The number of hydrogen-bond donors (Lipinski definition) is 2. The van der Waals surface area contributed by atoms with E-state index in [1.807, 2.05) is 18.2 Å². The molecule has 1 saturated carbocycles. The third kappa shape index (κ3) is 2.98. The summed E-state index contributed by atoms with van der Waals surface area (Å²) in [6, 6.07) is 5.87. The molecule has 1 aromatic rings. The average Bonchev–Trinajstić information content (AvgIpc) is 2.16. The zero-order chi connectivity index (χ0) is 11.5. The largest absolute Gasteiger partial charge is 0.335 e. The molecule has 2 rings (SSSR count). The number of carbonyl (C=O) groups excluding carboxylic acids is 1. The molecular weight excluding hydrogens is 336 g/mol. The summed E-state index contributed by atoms with van der Waals surface area (Å²) in [5.41, 5.74) is 0.778. The minimum Gasteiger partial charge on any atom is -0.335 e. The van der Waals surface area contributed by atoms with Crippen LogP contribution in [0.2, 0.25) is 0 Å². The van der Waals surface area contributed by atoms with Gasteiger partial charge in [-0.05, 0) is 53.4 Å². The maximum Gasteiger partial charge on any atom is 0.319 e. The van der Waals surface area contributed by atoms with Crippen molar-refractivity contribution in [2.45, 2.75) is 25.3 Å². The van der Waals surface area contributed by atoms with Crippen LogP contribution < -0.4 is 10.6 Å². The fourth-order valence-electron chi connectivity index (χ4n) is 1.49. The summed E-state index contributed by atoms with van der Waals surface area (Å²) in [6.07, 6.45) is 3.40. The molecule has 0 atom stereocenters. The number of rotatable bonds is 2. The van der Waals surface area contributed by atoms with Crippen LogP contribution in [0.4, 0.5) is 10.5 Å². The normalized spacial score (nSPS) is 15.4. The Morgan fingerprint density at radius 1 is 1.31 bits per heavy atom. The molecule has 1 aliphatic carbocycles. The summed E-state index contributed by atoms with van der Waals surface area (Å²) in [6.45, 7) is 0. The summed E-state index contributed by atoms with van der Waals surface area (Å²) in [5, 5.41) is 5.74. The van der Waals surface area contributed by atoms with E-state index in [0.717, 1.165) is 27.5 Å². The van der Waals surface area contributed by atoms with Crippen LogP contribution in [0.1, 0.15) is 19.3 Å². The van der Waals surface area contributed by atoms with Crippen molar-refractivity contribution in [1.29, 1.82) is 0 Å². The number of carbonyl (C=O) groups is 1. The molecule has 0 aliphatic heterocycles. The average molecular weight is 348 g/mol. The van der Waals surface area contributed by atoms with Crippen molar-refractivity contribution in [2.75, 3.05) is 5.32 Å². The standard InChI is InChI=1S/C11H12Br2N2O/c12-7-4-5-10(9(13)6-7)15-11(16)14-8-2-1-3-8/h4-6,8H,1-3H2,(H2,14,15,16). The summed E-state index contributed by atoms with van der Waals surface area (Å²) < 4.78 is 1.84. The summed E-state index contributed by atoms with van der Waals surface area (Å²) in [7, 11) is 0. The van der Waals surface area contributed by atoms with Gasteiger partial charge in [-0.1, -0.05) is 15.9 Å². The van der Waals surface area contributed by atoms with Gasteiger partial charge in [0.2, 0.25) is 0 Å². The van der Waals surface area contributed by atoms with E-state index < -0.39 is 0 Å². The molecule has 0 heterocycles. The molecule has 3 nitrogen and oxygen atoms in total. The zero-order valence-electron chi connectivity index (χ0n) is 8.59. The van der Waals surface area contributed by atoms with Gasteiger partial charge in [0.05, 0.1) is 5.69 Å². The van der Waals surface area contributed by atoms with Gasteiger partial charge in [0, 0.05) is 15.0 Å². The van der Waals surface area contributed by atoms with Gasteiger partial charge in [-0.2, -0.15) is 0 Å². The molecule has 0 radical (unpaired) electrons. The third-order valence-electron chi connectivity index (χ3n) is 2.62. The minimum absolute atomic E-state index is 0.132. The Hall–Kier alpha value is -0.550. The maximum atomic E-state index is 11.6. The molecule has 0 unspecified atom stereocenters. The second-order valence-electron chi connectivity index (χ2n) is 3.85. The van der Waals surface area contributed by atoms with Gasteiger partial charge in [-0.25, -0.2) is 4.79 Å². The highest BCUT2D eigenvalue weighted by Gasteiger charge is 2.19. The van der Waals surface area contributed by atoms with E-state index in [1.54, 1.807) is 0 Å². The van der Waals surface area contributed by atoms with E-state index >= 15 is 0 Å². The van der Waals surface area contributed by atoms with Crippen LogP contribution in [0.3, 0.4) is 0 Å². The van der Waals surface area contributed by atoms with Gasteiger partial charge in [-0.3, -0.25) is 0 Å². The van der Waals surface area contributed by atoms with Gasteiger partial charge in [0.25, 0.3) is 0 Å². The third-order valence-corrected chi connectivity index (χ3v) is 3.77. The van der Waals surface area contributed by atoms with Crippen LogP contribution >= 0.6 is 31.9 Å². The first-order valence-electron chi connectivity index (χ1n) is 5.18. The van der Waals surface area contributed by atoms with Crippen molar-refractivity contribution in [1.82, 2.24) is 5.32 Å². The van der Waals surface area contributed by atoms with E-state index in [9.17, 15) is 4.79 Å². The highest BCUT2D eigenvalue weighted by molar-refractivity contribution is 9.11. The van der Waals surface area contributed by atoms with Crippen molar-refractivity contribution in [3.63, 3.8) is 0 Å². The van der Waals surface area contributed by atoms with Crippen LogP contribution in [-0.2, 0) is 0 Å². The Bertz CT molecular complexity index is 405. The lowest BCUT2D eigenvalue weighted by atomic mass is 9.93. The van der Waals surface area contributed by atoms with E-state index in [1.165, 1.54) is 6.42 Å². The number of urea groups is 1. The molecule has 16 heavy (non-hydrogen) atoms. The predicted molar refractivity (Wildman–Crippen MR) is 71.6 cm³/mol. The SMILES string of the molecule is O=C(Nc1ccc(Br)cc1Br)NC1CCC1. The number of hydrogen-bond acceptors (Lipinski definition) is 1.